The number of carbonyl (C=O) groups is 2. The fourth-order valence-electron chi connectivity index (χ4n) is 8.36. The molecule has 8 heteroatoms. The first-order chi connectivity index (χ1) is 13.2. The first-order valence-corrected chi connectivity index (χ1v) is 10.0. The molecule has 8 rings (SSSR count). The summed E-state index contributed by atoms with van der Waals surface area (Å²) in [5.41, 5.74) is -4.49. The van der Waals surface area contributed by atoms with E-state index in [2.05, 4.69) is 0 Å². The molecule has 0 aromatic carbocycles. The van der Waals surface area contributed by atoms with Crippen LogP contribution in [0.1, 0.15) is 26.7 Å². The van der Waals surface area contributed by atoms with Crippen LogP contribution in [0.2, 0.25) is 0 Å². The normalized spacial score (nSPS) is 63.9. The number of hydrogen-bond donors (Lipinski definition) is 2. The van der Waals surface area contributed by atoms with Crippen molar-refractivity contribution in [1.82, 2.24) is 0 Å². The summed E-state index contributed by atoms with van der Waals surface area (Å²) in [5, 5.41) is 23.7. The van der Waals surface area contributed by atoms with E-state index in [1.165, 1.54) is 7.11 Å². The zero-order valence-electron chi connectivity index (χ0n) is 15.8. The Kier molecular flexibility index (Phi) is 2.36. The third-order valence-electron chi connectivity index (χ3n) is 9.47. The number of methoxy groups -OCH3 is 1. The van der Waals surface area contributed by atoms with Gasteiger partial charge in [0.25, 0.3) is 0 Å². The van der Waals surface area contributed by atoms with Crippen molar-refractivity contribution in [3.8, 4) is 0 Å². The Balaban J connectivity index is 1.56. The Morgan fingerprint density at radius 2 is 2.00 bits per heavy atom. The molecule has 2 spiro atoms. The highest BCUT2D eigenvalue weighted by molar-refractivity contribution is 5.88. The molecule has 0 aromatic heterocycles. The van der Waals surface area contributed by atoms with E-state index in [0.717, 1.165) is 0 Å². The summed E-state index contributed by atoms with van der Waals surface area (Å²) in [6.45, 7) is 3.66. The molecule has 2 N–H and O–H groups in total. The molecule has 0 amide bonds. The Hall–Kier alpha value is -1.48. The molecular weight excluding hydrogens is 368 g/mol. The predicted molar refractivity (Wildman–Crippen MR) is 88.6 cm³/mol. The van der Waals surface area contributed by atoms with Gasteiger partial charge in [-0.05, 0) is 30.9 Å². The maximum atomic E-state index is 13.1. The average Bonchev–Trinajstić information content (AvgIpc) is 3.25. The summed E-state index contributed by atoms with van der Waals surface area (Å²) in [6, 6.07) is 0. The second kappa shape index (κ2) is 4.05. The number of aliphatic hydroxyl groups is 2. The number of ether oxygens (including phenoxy) is 4. The fraction of sp³-hybridized carbons (Fsp3) is 0.800. The smallest absolute Gasteiger partial charge is 0.345 e. The third kappa shape index (κ3) is 1.13. The molecule has 0 aromatic rings. The highest BCUT2D eigenvalue weighted by Crippen LogP contribution is 2.80. The zero-order valence-corrected chi connectivity index (χ0v) is 15.8. The van der Waals surface area contributed by atoms with Crippen LogP contribution in [0.25, 0.3) is 0 Å². The monoisotopic (exact) mass is 390 g/mol. The first-order valence-electron chi connectivity index (χ1n) is 10.0. The largest absolute Gasteiger partial charge is 0.467 e. The fourth-order valence-corrected chi connectivity index (χ4v) is 8.36. The van der Waals surface area contributed by atoms with Gasteiger partial charge in [-0.1, -0.05) is 6.92 Å². The van der Waals surface area contributed by atoms with Crippen molar-refractivity contribution in [2.45, 2.75) is 67.9 Å². The molecule has 4 heterocycles. The molecule has 4 saturated heterocycles. The Bertz CT molecular complexity index is 927. The molecule has 7 fully saturated rings. The second-order valence-corrected chi connectivity index (χ2v) is 9.73. The Labute approximate surface area is 160 Å². The summed E-state index contributed by atoms with van der Waals surface area (Å²) in [4.78, 5) is 25.7. The number of rotatable bonds is 1. The number of carbonyl (C=O) groups excluding carboxylic acids is 2. The summed E-state index contributed by atoms with van der Waals surface area (Å²) in [7, 11) is 1.23. The highest BCUT2D eigenvalue weighted by atomic mass is 16.7. The summed E-state index contributed by atoms with van der Waals surface area (Å²) in [5.74, 6) is -1.68. The minimum atomic E-state index is -1.96. The highest BCUT2D eigenvalue weighted by Gasteiger charge is 2.93. The maximum absolute atomic E-state index is 13.1. The topological polar surface area (TPSA) is 115 Å². The third-order valence-corrected chi connectivity index (χ3v) is 9.47. The molecule has 0 radical (unpaired) electrons. The van der Waals surface area contributed by atoms with Crippen LogP contribution in [0.4, 0.5) is 0 Å². The van der Waals surface area contributed by atoms with Gasteiger partial charge < -0.3 is 29.2 Å². The summed E-state index contributed by atoms with van der Waals surface area (Å²) < 4.78 is 23.1. The van der Waals surface area contributed by atoms with Crippen LogP contribution in [0, 0.1) is 23.2 Å². The lowest BCUT2D eigenvalue weighted by Crippen LogP contribution is -2.75. The molecule has 4 aliphatic heterocycles. The van der Waals surface area contributed by atoms with Crippen LogP contribution in [0.5, 0.6) is 0 Å². The molecule has 28 heavy (non-hydrogen) atoms. The van der Waals surface area contributed by atoms with Gasteiger partial charge >= 0.3 is 11.9 Å². The Morgan fingerprint density at radius 1 is 1.25 bits per heavy atom. The van der Waals surface area contributed by atoms with E-state index < -0.39 is 52.4 Å². The van der Waals surface area contributed by atoms with E-state index in [1.807, 2.05) is 6.92 Å². The van der Waals surface area contributed by atoms with E-state index >= 15 is 0 Å². The molecule has 4 aliphatic carbocycles. The van der Waals surface area contributed by atoms with Gasteiger partial charge in [-0.25, -0.2) is 4.79 Å². The maximum Gasteiger partial charge on any atom is 0.345 e. The van der Waals surface area contributed by atoms with E-state index in [-0.39, 0.29) is 23.9 Å². The zero-order chi connectivity index (χ0) is 19.6. The van der Waals surface area contributed by atoms with E-state index in [1.54, 1.807) is 6.92 Å². The van der Waals surface area contributed by atoms with E-state index in [4.69, 9.17) is 18.9 Å². The van der Waals surface area contributed by atoms with Crippen molar-refractivity contribution in [3.05, 3.63) is 11.1 Å². The van der Waals surface area contributed by atoms with E-state index in [0.29, 0.717) is 24.0 Å². The molecular formula is C20H22O8. The molecule has 11 atom stereocenters. The van der Waals surface area contributed by atoms with Gasteiger partial charge in [0.05, 0.1) is 24.7 Å². The molecule has 3 saturated carbocycles. The van der Waals surface area contributed by atoms with Crippen molar-refractivity contribution in [3.63, 3.8) is 0 Å². The molecule has 8 nitrogen and oxygen atoms in total. The Morgan fingerprint density at radius 3 is 2.71 bits per heavy atom. The van der Waals surface area contributed by atoms with Gasteiger partial charge in [0.2, 0.25) is 5.60 Å². The number of epoxide rings is 1. The van der Waals surface area contributed by atoms with Crippen LogP contribution < -0.4 is 0 Å². The van der Waals surface area contributed by atoms with Crippen LogP contribution in [0.15, 0.2) is 11.1 Å². The number of esters is 2. The van der Waals surface area contributed by atoms with Crippen molar-refractivity contribution < 1.29 is 38.7 Å². The lowest BCUT2D eigenvalue weighted by molar-refractivity contribution is -0.262. The molecule has 4 bridgehead atoms. The van der Waals surface area contributed by atoms with Gasteiger partial charge in [0.1, 0.15) is 23.4 Å². The minimum absolute atomic E-state index is 0.0631. The SMILES string of the molecule is COC(=O)[C@@]1(O)C(C)=C2[C@@H]3O[C@H]4C(C)[C@]56CC[C@@]7(O[C@@H]17)[C@@]2(O)[C@@H]5[C@H]3[C@H]4OC6=O. The van der Waals surface area contributed by atoms with Crippen LogP contribution in [-0.4, -0.2) is 70.5 Å². The lowest BCUT2D eigenvalue weighted by Gasteiger charge is -2.63. The molecule has 8 aliphatic rings. The first kappa shape index (κ1) is 16.3. The van der Waals surface area contributed by atoms with Crippen molar-refractivity contribution in [1.29, 1.82) is 0 Å². The lowest BCUT2D eigenvalue weighted by atomic mass is 9.43. The molecule has 1 unspecified atom stereocenters. The van der Waals surface area contributed by atoms with Gasteiger partial charge in [-0.3, -0.25) is 4.79 Å². The average molecular weight is 390 g/mol. The quantitative estimate of drug-likeness (QED) is 0.349. The van der Waals surface area contributed by atoms with Crippen LogP contribution >= 0.6 is 0 Å². The predicted octanol–water partition coefficient (Wildman–Crippen LogP) is -0.542. The van der Waals surface area contributed by atoms with Crippen LogP contribution in [-0.2, 0) is 28.5 Å². The number of fused-ring (bicyclic) bond motifs is 2. The van der Waals surface area contributed by atoms with Gasteiger partial charge in [0, 0.05) is 17.8 Å². The van der Waals surface area contributed by atoms with Crippen LogP contribution in [0.3, 0.4) is 0 Å². The molecule has 150 valence electrons. The second-order valence-electron chi connectivity index (χ2n) is 9.73. The summed E-state index contributed by atoms with van der Waals surface area (Å²) >= 11 is 0. The summed E-state index contributed by atoms with van der Waals surface area (Å²) in [6.07, 6.45) is -1.18. The van der Waals surface area contributed by atoms with Gasteiger partial charge in [-0.2, -0.15) is 0 Å². The van der Waals surface area contributed by atoms with Crippen molar-refractivity contribution in [2.24, 2.45) is 23.2 Å². The van der Waals surface area contributed by atoms with Crippen molar-refractivity contribution >= 4 is 11.9 Å². The van der Waals surface area contributed by atoms with Gasteiger partial charge in [0.15, 0.2) is 0 Å². The van der Waals surface area contributed by atoms with E-state index in [9.17, 15) is 19.8 Å². The minimum Gasteiger partial charge on any atom is -0.467 e. The van der Waals surface area contributed by atoms with Crippen molar-refractivity contribution in [2.75, 3.05) is 7.11 Å². The number of hydrogen-bond acceptors (Lipinski definition) is 8. The standard InChI is InChI=1S/C20H22O8/c1-6-9-11-8-12-10(26-11)7(2)17(15(21)27-12)4-5-18(20(9,24)13(8)17)14(28-18)19(6,23)16(22)25-3/h7-8,10-14,23-24H,4-5H2,1-3H3/t7?,8-,10+,11-,12-,13-,14-,17-,18+,19-,20+/m1/s1. The van der Waals surface area contributed by atoms with Gasteiger partial charge in [-0.15, -0.1) is 0 Å².